The van der Waals surface area contributed by atoms with Gasteiger partial charge in [-0.1, -0.05) is 54.9 Å². The van der Waals surface area contributed by atoms with Crippen LogP contribution in [0.4, 0.5) is 11.4 Å². The van der Waals surface area contributed by atoms with E-state index in [9.17, 15) is 14.9 Å². The van der Waals surface area contributed by atoms with Gasteiger partial charge in [0.15, 0.2) is 4.34 Å². The van der Waals surface area contributed by atoms with Crippen molar-refractivity contribution in [1.29, 1.82) is 0 Å². The van der Waals surface area contributed by atoms with Crippen LogP contribution in [0.2, 0.25) is 0 Å². The molecule has 0 unspecified atom stereocenters. The van der Waals surface area contributed by atoms with Crippen LogP contribution >= 0.6 is 34.9 Å². The summed E-state index contributed by atoms with van der Waals surface area (Å²) in [6.07, 6.45) is 9.06. The predicted molar refractivity (Wildman–Crippen MR) is 154 cm³/mol. The lowest BCUT2D eigenvalue weighted by Gasteiger charge is -2.22. The molecule has 1 N–H and O–H groups in total. The van der Waals surface area contributed by atoms with E-state index in [1.54, 1.807) is 30.6 Å². The Bertz CT molecular complexity index is 1470. The fourth-order valence-electron chi connectivity index (χ4n) is 4.19. The molecule has 8 nitrogen and oxygen atoms in total. The van der Waals surface area contributed by atoms with Gasteiger partial charge in [-0.05, 0) is 54.8 Å². The first-order valence-electron chi connectivity index (χ1n) is 12.3. The number of thiazole rings is 1. The lowest BCUT2D eigenvalue weighted by Crippen LogP contribution is -2.37. The zero-order valence-corrected chi connectivity index (χ0v) is 22.9. The number of nitrogens with one attached hydrogen (secondary N) is 1. The number of nitro groups is 1. The van der Waals surface area contributed by atoms with Gasteiger partial charge < -0.3 is 5.32 Å². The van der Waals surface area contributed by atoms with Gasteiger partial charge in [0, 0.05) is 24.5 Å². The molecule has 0 atom stereocenters. The first-order chi connectivity index (χ1) is 18.5. The summed E-state index contributed by atoms with van der Waals surface area (Å²) < 4.78 is 1.82. The fraction of sp³-hybridized carbons (Fsp3) is 0.259. The maximum atomic E-state index is 12.3. The van der Waals surface area contributed by atoms with Gasteiger partial charge in [0.05, 0.1) is 31.5 Å². The second-order valence-electron chi connectivity index (χ2n) is 8.84. The highest BCUT2D eigenvalue weighted by atomic mass is 32.2. The number of aliphatic imine (C=N–C) groups is 1. The van der Waals surface area contributed by atoms with Crippen LogP contribution in [0.15, 0.2) is 80.0 Å². The van der Waals surface area contributed by atoms with E-state index in [-0.39, 0.29) is 16.5 Å². The first kappa shape index (κ1) is 26.3. The predicted octanol–water partition coefficient (Wildman–Crippen LogP) is 7.04. The molecule has 2 heterocycles. The molecule has 0 radical (unpaired) electrons. The number of fused-ring (bicyclic) bond motifs is 1. The van der Waals surface area contributed by atoms with Crippen molar-refractivity contribution in [3.05, 3.63) is 76.5 Å². The van der Waals surface area contributed by atoms with Gasteiger partial charge in [0.1, 0.15) is 5.03 Å². The lowest BCUT2D eigenvalue weighted by atomic mass is 9.95. The Kier molecular flexibility index (Phi) is 8.67. The minimum Gasteiger partial charge on any atom is -0.353 e. The molecule has 1 fully saturated rings. The van der Waals surface area contributed by atoms with Crippen LogP contribution in [0.3, 0.4) is 0 Å². The number of nitro benzene ring substituents is 1. The van der Waals surface area contributed by atoms with Gasteiger partial charge in [0.25, 0.3) is 5.69 Å². The minimum atomic E-state index is -0.388. The van der Waals surface area contributed by atoms with Crippen LogP contribution < -0.4 is 5.32 Å². The van der Waals surface area contributed by atoms with Gasteiger partial charge in [-0.3, -0.25) is 19.9 Å². The molecular weight excluding hydrogens is 539 g/mol. The molecule has 1 aliphatic carbocycles. The van der Waals surface area contributed by atoms with Gasteiger partial charge >= 0.3 is 0 Å². The highest BCUT2D eigenvalue weighted by molar-refractivity contribution is 8.01. The molecule has 4 aromatic rings. The molecule has 0 bridgehead atoms. The number of aromatic nitrogens is 2. The number of thioether (sulfide) groups is 1. The quantitative estimate of drug-likeness (QED) is 0.101. The number of pyridine rings is 1. The largest absolute Gasteiger partial charge is 0.353 e. The molecule has 11 heteroatoms. The van der Waals surface area contributed by atoms with Crippen LogP contribution in [-0.4, -0.2) is 38.8 Å². The molecule has 0 spiro atoms. The smallest absolute Gasteiger partial charge is 0.283 e. The van der Waals surface area contributed by atoms with E-state index in [1.165, 1.54) is 60.2 Å². The van der Waals surface area contributed by atoms with E-state index >= 15 is 0 Å². The number of benzene rings is 2. The average molecular weight is 564 g/mol. The van der Waals surface area contributed by atoms with Crippen LogP contribution in [0.25, 0.3) is 10.2 Å². The van der Waals surface area contributed by atoms with Gasteiger partial charge in [-0.25, -0.2) is 9.97 Å². The second-order valence-corrected chi connectivity index (χ2v) is 12.2. The molecule has 1 amide bonds. The SMILES string of the molecule is O=C(CSc1nc2ccc(N=Cc3ccc(Sc4ccccn4)c([N+](=O)[O-])c3)cc2s1)NC1CCCCC1. The maximum Gasteiger partial charge on any atom is 0.283 e. The molecule has 1 saturated carbocycles. The van der Waals surface area contributed by atoms with Gasteiger partial charge in [-0.15, -0.1) is 11.3 Å². The number of hydrogen-bond donors (Lipinski definition) is 1. The number of hydrogen-bond acceptors (Lipinski definition) is 9. The van der Waals surface area contributed by atoms with E-state index in [4.69, 9.17) is 0 Å². The zero-order valence-electron chi connectivity index (χ0n) is 20.4. The van der Waals surface area contributed by atoms with Crippen molar-refractivity contribution in [2.75, 3.05) is 5.75 Å². The summed E-state index contributed by atoms with van der Waals surface area (Å²) in [5, 5.41) is 15.5. The monoisotopic (exact) mass is 563 g/mol. The summed E-state index contributed by atoms with van der Waals surface area (Å²) in [6, 6.07) is 16.5. The summed E-state index contributed by atoms with van der Waals surface area (Å²) >= 11 is 4.24. The van der Waals surface area contributed by atoms with E-state index in [1.807, 2.05) is 30.3 Å². The van der Waals surface area contributed by atoms with Crippen molar-refractivity contribution in [3.63, 3.8) is 0 Å². The number of carbonyl (C=O) groups excluding carboxylic acids is 1. The Morgan fingerprint density at radius 2 is 2.03 bits per heavy atom. The molecule has 38 heavy (non-hydrogen) atoms. The Morgan fingerprint density at radius 1 is 1.16 bits per heavy atom. The fourth-order valence-corrected chi connectivity index (χ4v) is 6.96. The third kappa shape index (κ3) is 6.97. The first-order valence-corrected chi connectivity index (χ1v) is 14.9. The molecule has 2 aromatic carbocycles. The Balaban J connectivity index is 1.24. The van der Waals surface area contributed by atoms with E-state index < -0.39 is 0 Å². The summed E-state index contributed by atoms with van der Waals surface area (Å²) in [6.45, 7) is 0. The minimum absolute atomic E-state index is 0.0108. The van der Waals surface area contributed by atoms with Gasteiger partial charge in [0.2, 0.25) is 5.91 Å². The molecule has 5 rings (SSSR count). The number of amides is 1. The maximum absolute atomic E-state index is 12.3. The summed E-state index contributed by atoms with van der Waals surface area (Å²) in [5.74, 6) is 0.416. The molecule has 194 valence electrons. The summed E-state index contributed by atoms with van der Waals surface area (Å²) in [5.41, 5.74) is 2.22. The Hall–Kier alpha value is -3.28. The Morgan fingerprint density at radius 3 is 2.82 bits per heavy atom. The number of rotatable bonds is 9. The van der Waals surface area contributed by atoms with Crippen LogP contribution in [0, 0.1) is 10.1 Å². The normalized spacial score (nSPS) is 14.2. The molecule has 0 aliphatic heterocycles. The van der Waals surface area contributed by atoms with Gasteiger partial charge in [-0.2, -0.15) is 0 Å². The van der Waals surface area contributed by atoms with Crippen molar-refractivity contribution in [3.8, 4) is 0 Å². The van der Waals surface area contributed by atoms with E-state index in [2.05, 4.69) is 20.3 Å². The molecule has 0 saturated heterocycles. The van der Waals surface area contributed by atoms with E-state index in [0.29, 0.717) is 27.3 Å². The summed E-state index contributed by atoms with van der Waals surface area (Å²) in [7, 11) is 0. The van der Waals surface area contributed by atoms with Crippen LogP contribution in [-0.2, 0) is 4.79 Å². The third-order valence-corrected chi connectivity index (χ3v) is 9.22. The third-order valence-electron chi connectivity index (χ3n) is 6.04. The van der Waals surface area contributed by atoms with Crippen molar-refractivity contribution in [1.82, 2.24) is 15.3 Å². The zero-order chi connectivity index (χ0) is 26.3. The molecule has 1 aliphatic rings. The topological polar surface area (TPSA) is 110 Å². The second kappa shape index (κ2) is 12.5. The summed E-state index contributed by atoms with van der Waals surface area (Å²) in [4.78, 5) is 37.5. The van der Waals surface area contributed by atoms with E-state index in [0.717, 1.165) is 33.1 Å². The van der Waals surface area contributed by atoms with Crippen molar-refractivity contribution in [2.45, 2.75) is 52.4 Å². The number of carbonyl (C=O) groups is 1. The molecular formula is C27H25N5O3S3. The van der Waals surface area contributed by atoms with Crippen molar-refractivity contribution < 1.29 is 9.72 Å². The highest BCUT2D eigenvalue weighted by Crippen LogP contribution is 2.35. The number of nitrogens with zero attached hydrogens (tertiary/aromatic N) is 4. The van der Waals surface area contributed by atoms with Crippen molar-refractivity contribution in [2.24, 2.45) is 4.99 Å². The van der Waals surface area contributed by atoms with Crippen LogP contribution in [0.1, 0.15) is 37.7 Å². The Labute approximate surface area is 232 Å². The average Bonchev–Trinajstić information content (AvgIpc) is 3.35. The van der Waals surface area contributed by atoms with Crippen molar-refractivity contribution >= 4 is 68.6 Å². The lowest BCUT2D eigenvalue weighted by molar-refractivity contribution is -0.387. The van der Waals surface area contributed by atoms with Crippen LogP contribution in [0.5, 0.6) is 0 Å². The molecule has 2 aromatic heterocycles. The highest BCUT2D eigenvalue weighted by Gasteiger charge is 2.17. The standard InChI is InChI=1S/C27H25N5O3S3/c33-25(30-19-6-2-1-3-7-19)17-36-27-31-21-11-10-20(15-24(21)38-27)29-16-18-9-12-23(22(14-18)32(34)35)37-26-8-4-5-13-28-26/h4-5,8-16,19H,1-3,6-7,17H2,(H,30,33).